The van der Waals surface area contributed by atoms with E-state index in [2.05, 4.69) is 25.4 Å². The molecule has 0 radical (unpaired) electrons. The van der Waals surface area contributed by atoms with Gasteiger partial charge in [0.05, 0.1) is 11.7 Å². The highest BCUT2D eigenvalue weighted by Gasteiger charge is 2.21. The molecule has 2 heterocycles. The first-order chi connectivity index (χ1) is 15.5. The Bertz CT molecular complexity index is 1390. The lowest BCUT2D eigenvalue weighted by Gasteiger charge is -2.17. The molecule has 10 nitrogen and oxygen atoms in total. The molecule has 0 atom stereocenters. The number of aromatic hydroxyl groups is 1. The van der Waals surface area contributed by atoms with Crippen LogP contribution in [0.2, 0.25) is 0 Å². The number of aromatic nitrogens is 5. The lowest BCUT2D eigenvalue weighted by Crippen LogP contribution is -2.13. The summed E-state index contributed by atoms with van der Waals surface area (Å²) in [5.74, 6) is -0.669. The van der Waals surface area contributed by atoms with Crippen LogP contribution < -0.4 is 10.3 Å². The molecule has 0 unspecified atom stereocenters. The van der Waals surface area contributed by atoms with Crippen LogP contribution in [0.15, 0.2) is 41.2 Å². The first-order valence-corrected chi connectivity index (χ1v) is 10.2. The fourth-order valence-corrected chi connectivity index (χ4v) is 3.96. The van der Waals surface area contributed by atoms with Crippen LogP contribution in [0.25, 0.3) is 33.7 Å². The maximum Gasteiger partial charge on any atom is 0.339 e. The van der Waals surface area contributed by atoms with Gasteiger partial charge in [-0.05, 0) is 61.1 Å². The molecule has 5 rings (SSSR count). The Morgan fingerprint density at radius 3 is 2.59 bits per heavy atom. The molecule has 2 aromatic heterocycles. The van der Waals surface area contributed by atoms with Gasteiger partial charge in [0.1, 0.15) is 22.9 Å². The molecule has 162 valence electrons. The number of carboxylic acid groups (broad SMARTS) is 1. The van der Waals surface area contributed by atoms with E-state index in [1.807, 2.05) is 0 Å². The summed E-state index contributed by atoms with van der Waals surface area (Å²) in [6.07, 6.45) is 4.10. The number of aromatic amines is 2. The summed E-state index contributed by atoms with van der Waals surface area (Å²) in [5.41, 5.74) is 1.76. The molecule has 0 saturated heterocycles. The average molecular weight is 433 g/mol. The van der Waals surface area contributed by atoms with Crippen LogP contribution >= 0.6 is 0 Å². The minimum Gasteiger partial charge on any atom is -0.507 e. The lowest BCUT2D eigenvalue weighted by molar-refractivity contribution is 0.0693. The summed E-state index contributed by atoms with van der Waals surface area (Å²) in [7, 11) is 0. The number of nitrogens with one attached hydrogen (secondary N) is 2. The first kappa shape index (κ1) is 19.7. The fourth-order valence-electron chi connectivity index (χ4n) is 3.96. The van der Waals surface area contributed by atoms with Gasteiger partial charge >= 0.3 is 5.97 Å². The van der Waals surface area contributed by atoms with Crippen LogP contribution in [0.4, 0.5) is 0 Å². The number of H-pyrrole nitrogens is 2. The van der Waals surface area contributed by atoms with Crippen molar-refractivity contribution in [3.63, 3.8) is 0 Å². The number of benzene rings is 2. The molecule has 32 heavy (non-hydrogen) atoms. The molecule has 1 fully saturated rings. The average Bonchev–Trinajstić information content (AvgIpc) is 3.45. The monoisotopic (exact) mass is 433 g/mol. The van der Waals surface area contributed by atoms with Gasteiger partial charge in [-0.2, -0.15) is 0 Å². The minimum absolute atomic E-state index is 0.0519. The summed E-state index contributed by atoms with van der Waals surface area (Å²) in [5, 5.41) is 29.2. The van der Waals surface area contributed by atoms with Gasteiger partial charge in [0.15, 0.2) is 11.2 Å². The normalized spacial score (nSPS) is 14.1. The zero-order valence-electron chi connectivity index (χ0n) is 16.8. The summed E-state index contributed by atoms with van der Waals surface area (Å²) in [6.45, 7) is 0. The van der Waals surface area contributed by atoms with E-state index in [1.54, 1.807) is 24.3 Å². The summed E-state index contributed by atoms with van der Waals surface area (Å²) >= 11 is 0. The largest absolute Gasteiger partial charge is 0.507 e. The molecule has 1 saturated carbocycles. The maximum absolute atomic E-state index is 12.4. The van der Waals surface area contributed by atoms with Crippen molar-refractivity contribution in [2.24, 2.45) is 0 Å². The van der Waals surface area contributed by atoms with E-state index < -0.39 is 11.5 Å². The smallest absolute Gasteiger partial charge is 0.339 e. The van der Waals surface area contributed by atoms with Crippen LogP contribution in [0.5, 0.6) is 11.5 Å². The number of fused-ring (bicyclic) bond motifs is 1. The van der Waals surface area contributed by atoms with Gasteiger partial charge < -0.3 is 19.9 Å². The van der Waals surface area contributed by atoms with Crippen molar-refractivity contribution in [2.75, 3.05) is 0 Å². The second kappa shape index (κ2) is 7.80. The van der Waals surface area contributed by atoms with Crippen molar-refractivity contribution in [2.45, 2.75) is 31.8 Å². The number of hydrogen-bond donors (Lipinski definition) is 4. The van der Waals surface area contributed by atoms with Crippen molar-refractivity contribution < 1.29 is 19.7 Å². The summed E-state index contributed by atoms with van der Waals surface area (Å²) in [4.78, 5) is 30.7. The second-order valence-corrected chi connectivity index (χ2v) is 7.70. The van der Waals surface area contributed by atoms with E-state index in [-0.39, 0.29) is 28.6 Å². The molecule has 10 heteroatoms. The minimum atomic E-state index is -1.20. The molecule has 0 bridgehead atoms. The molecular weight excluding hydrogens is 414 g/mol. The molecule has 4 aromatic rings. The van der Waals surface area contributed by atoms with E-state index in [9.17, 15) is 14.7 Å². The quantitative estimate of drug-likeness (QED) is 0.374. The Hall–Kier alpha value is -4.21. The molecule has 0 aliphatic heterocycles. The second-order valence-electron chi connectivity index (χ2n) is 7.70. The molecule has 1 aliphatic rings. The molecule has 1 aliphatic carbocycles. The van der Waals surface area contributed by atoms with Crippen LogP contribution in [-0.4, -0.2) is 47.7 Å². The summed E-state index contributed by atoms with van der Waals surface area (Å²) in [6, 6.07) is 9.76. The predicted octanol–water partition coefficient (Wildman–Crippen LogP) is 3.10. The van der Waals surface area contributed by atoms with E-state index in [0.717, 1.165) is 31.2 Å². The Balaban J connectivity index is 1.61. The SMILES string of the molecule is O=C(O)c1ccc(-c2ccc(-c3nc4[nH]nnc4c(=O)[nH]3)c(OC3CCCC3)c2)cc1O. The van der Waals surface area contributed by atoms with Gasteiger partial charge in [-0.1, -0.05) is 17.3 Å². The number of ether oxygens (including phenoxy) is 1. The summed E-state index contributed by atoms with van der Waals surface area (Å²) < 4.78 is 6.29. The van der Waals surface area contributed by atoms with Gasteiger partial charge in [0.2, 0.25) is 0 Å². The van der Waals surface area contributed by atoms with Crippen molar-refractivity contribution in [1.29, 1.82) is 0 Å². The third kappa shape index (κ3) is 3.55. The van der Waals surface area contributed by atoms with Crippen molar-refractivity contribution in [3.8, 4) is 34.0 Å². The Labute approximate surface area is 180 Å². The van der Waals surface area contributed by atoms with Gasteiger partial charge in [0, 0.05) is 0 Å². The topological polar surface area (TPSA) is 154 Å². The molecule has 0 amide bonds. The number of rotatable bonds is 5. The lowest BCUT2D eigenvalue weighted by atomic mass is 10.0. The number of phenols is 1. The van der Waals surface area contributed by atoms with Crippen molar-refractivity contribution in [1.82, 2.24) is 25.4 Å². The molecule has 0 spiro atoms. The number of carboxylic acids is 1. The Morgan fingerprint density at radius 1 is 1.09 bits per heavy atom. The number of hydrogen-bond acceptors (Lipinski definition) is 7. The molecular formula is C22H19N5O5. The van der Waals surface area contributed by atoms with Crippen LogP contribution in [0.3, 0.4) is 0 Å². The fraction of sp³-hybridized carbons (Fsp3) is 0.227. The predicted molar refractivity (Wildman–Crippen MR) is 115 cm³/mol. The van der Waals surface area contributed by atoms with Crippen LogP contribution in [-0.2, 0) is 0 Å². The van der Waals surface area contributed by atoms with Crippen molar-refractivity contribution in [3.05, 3.63) is 52.3 Å². The van der Waals surface area contributed by atoms with E-state index in [4.69, 9.17) is 9.84 Å². The van der Waals surface area contributed by atoms with Gasteiger partial charge in [-0.3, -0.25) is 4.79 Å². The van der Waals surface area contributed by atoms with Gasteiger partial charge in [0.25, 0.3) is 5.56 Å². The van der Waals surface area contributed by atoms with Gasteiger partial charge in [-0.25, -0.2) is 14.9 Å². The first-order valence-electron chi connectivity index (χ1n) is 10.2. The standard InChI is InChI=1S/C22H19N5O5/c28-16-9-11(5-7-14(16)22(30)31)12-6-8-15(17(10-12)32-13-3-1-2-4-13)19-23-20-18(21(29)24-19)25-27-26-20/h5-10,13,28H,1-4H2,(H,30,31)(H2,23,24,25,26,27,29). The zero-order valence-corrected chi connectivity index (χ0v) is 16.8. The van der Waals surface area contributed by atoms with Crippen molar-refractivity contribution >= 4 is 17.1 Å². The zero-order chi connectivity index (χ0) is 22.2. The maximum atomic E-state index is 12.4. The molecule has 4 N–H and O–H groups in total. The third-order valence-corrected chi connectivity index (χ3v) is 5.59. The highest BCUT2D eigenvalue weighted by Crippen LogP contribution is 2.36. The highest BCUT2D eigenvalue weighted by molar-refractivity contribution is 5.92. The number of nitrogens with zero attached hydrogens (tertiary/aromatic N) is 3. The van der Waals surface area contributed by atoms with Gasteiger partial charge in [-0.15, -0.1) is 5.10 Å². The Kier molecular flexibility index (Phi) is 4.81. The van der Waals surface area contributed by atoms with Crippen LogP contribution in [0, 0.1) is 0 Å². The number of aromatic carboxylic acids is 1. The van der Waals surface area contributed by atoms with E-state index in [1.165, 1.54) is 12.1 Å². The van der Waals surface area contributed by atoms with Crippen LogP contribution in [0.1, 0.15) is 36.0 Å². The highest BCUT2D eigenvalue weighted by atomic mass is 16.5. The molecule has 2 aromatic carbocycles. The number of carbonyl (C=O) groups is 1. The van der Waals surface area contributed by atoms with E-state index in [0.29, 0.717) is 22.7 Å². The van der Waals surface area contributed by atoms with E-state index >= 15 is 0 Å². The third-order valence-electron chi connectivity index (χ3n) is 5.59. The Morgan fingerprint density at radius 2 is 1.84 bits per heavy atom.